The maximum atomic E-state index is 9.08. The summed E-state index contributed by atoms with van der Waals surface area (Å²) in [5, 5.41) is 12.2. The summed E-state index contributed by atoms with van der Waals surface area (Å²) < 4.78 is 0. The van der Waals surface area contributed by atoms with Crippen LogP contribution in [0.2, 0.25) is 0 Å². The lowest BCUT2D eigenvalue weighted by Crippen LogP contribution is -2.40. The van der Waals surface area contributed by atoms with Crippen molar-refractivity contribution >= 4 is 0 Å². The van der Waals surface area contributed by atoms with Crippen LogP contribution in [0.25, 0.3) is 0 Å². The maximum absolute atomic E-state index is 9.08. The summed E-state index contributed by atoms with van der Waals surface area (Å²) in [6.45, 7) is 13.2. The van der Waals surface area contributed by atoms with Crippen molar-refractivity contribution in [1.29, 1.82) is 5.26 Å². The largest absolute Gasteiger partial charge is 0.303 e. The van der Waals surface area contributed by atoms with Crippen LogP contribution < -0.4 is 5.32 Å². The summed E-state index contributed by atoms with van der Waals surface area (Å²) in [5.41, 5.74) is -0.375. The van der Waals surface area contributed by atoms with Gasteiger partial charge in [-0.25, -0.2) is 0 Å². The Morgan fingerprint density at radius 1 is 1.29 bits per heavy atom. The van der Waals surface area contributed by atoms with Crippen molar-refractivity contribution in [3.8, 4) is 6.07 Å². The summed E-state index contributed by atoms with van der Waals surface area (Å²) in [4.78, 5) is 2.50. The third kappa shape index (κ3) is 6.65. The zero-order chi connectivity index (χ0) is 13.5. The number of nitrogens with one attached hydrogen (secondary N) is 1. The van der Waals surface area contributed by atoms with Crippen LogP contribution >= 0.6 is 0 Å². The molecule has 1 N–H and O–H groups in total. The third-order valence-electron chi connectivity index (χ3n) is 3.25. The van der Waals surface area contributed by atoms with Gasteiger partial charge < -0.3 is 10.2 Å². The molecule has 0 aliphatic heterocycles. The van der Waals surface area contributed by atoms with E-state index in [-0.39, 0.29) is 5.54 Å². The first kappa shape index (κ1) is 16.4. The quantitative estimate of drug-likeness (QED) is 0.708. The van der Waals surface area contributed by atoms with E-state index < -0.39 is 0 Å². The van der Waals surface area contributed by atoms with Crippen molar-refractivity contribution in [2.75, 3.05) is 20.1 Å². The molecule has 3 nitrogen and oxygen atoms in total. The van der Waals surface area contributed by atoms with Crippen molar-refractivity contribution in [3.63, 3.8) is 0 Å². The fourth-order valence-electron chi connectivity index (χ4n) is 1.90. The van der Waals surface area contributed by atoms with E-state index in [0.29, 0.717) is 12.0 Å². The molecule has 3 heteroatoms. The molecule has 0 amide bonds. The second-order valence-electron chi connectivity index (χ2n) is 5.78. The average Bonchev–Trinajstić information content (AvgIpc) is 2.26. The zero-order valence-electron chi connectivity index (χ0n) is 12.4. The predicted molar refractivity (Wildman–Crippen MR) is 73.9 cm³/mol. The van der Waals surface area contributed by atoms with Crippen molar-refractivity contribution in [2.24, 2.45) is 5.92 Å². The van der Waals surface area contributed by atoms with Crippen LogP contribution in [0.1, 0.15) is 47.5 Å². The molecular weight excluding hydrogens is 210 g/mol. The SMILES string of the molecule is CNC(C)(C#N)CCCN(CC(C)C)C(C)C. The van der Waals surface area contributed by atoms with Gasteiger partial charge in [-0.15, -0.1) is 0 Å². The molecule has 0 bridgehead atoms. The Bertz CT molecular complexity index is 242. The van der Waals surface area contributed by atoms with Crippen LogP contribution in [0.4, 0.5) is 0 Å². The van der Waals surface area contributed by atoms with E-state index in [0.717, 1.165) is 25.9 Å². The van der Waals surface area contributed by atoms with Gasteiger partial charge in [-0.05, 0) is 53.1 Å². The Kier molecular flexibility index (Phi) is 7.41. The van der Waals surface area contributed by atoms with Crippen LogP contribution in [0.15, 0.2) is 0 Å². The minimum Gasteiger partial charge on any atom is -0.303 e. The normalized spacial score (nSPS) is 15.3. The van der Waals surface area contributed by atoms with Crippen LogP contribution in [-0.4, -0.2) is 36.6 Å². The van der Waals surface area contributed by atoms with Gasteiger partial charge in [0, 0.05) is 12.6 Å². The van der Waals surface area contributed by atoms with Crippen LogP contribution in [0.3, 0.4) is 0 Å². The molecule has 0 rings (SSSR count). The van der Waals surface area contributed by atoms with Gasteiger partial charge in [0.1, 0.15) is 5.54 Å². The summed E-state index contributed by atoms with van der Waals surface area (Å²) in [7, 11) is 1.86. The molecule has 1 atom stereocenters. The van der Waals surface area contributed by atoms with Gasteiger partial charge in [-0.2, -0.15) is 5.26 Å². The minimum atomic E-state index is -0.375. The Balaban J connectivity index is 4.11. The average molecular weight is 239 g/mol. The fraction of sp³-hybridized carbons (Fsp3) is 0.929. The topological polar surface area (TPSA) is 39.1 Å². The summed E-state index contributed by atoms with van der Waals surface area (Å²) in [5.74, 6) is 0.698. The van der Waals surface area contributed by atoms with E-state index in [9.17, 15) is 0 Å². The summed E-state index contributed by atoms with van der Waals surface area (Å²) in [6.07, 6.45) is 1.97. The Morgan fingerprint density at radius 2 is 1.88 bits per heavy atom. The molecular formula is C14H29N3. The number of nitriles is 1. The van der Waals surface area contributed by atoms with Gasteiger partial charge in [0.2, 0.25) is 0 Å². The summed E-state index contributed by atoms with van der Waals surface area (Å²) in [6, 6.07) is 2.93. The minimum absolute atomic E-state index is 0.375. The first-order valence-corrected chi connectivity index (χ1v) is 6.69. The van der Waals surface area contributed by atoms with Crippen molar-refractivity contribution in [2.45, 2.75) is 59.0 Å². The smallest absolute Gasteiger partial charge is 0.103 e. The highest BCUT2D eigenvalue weighted by Crippen LogP contribution is 2.13. The molecule has 100 valence electrons. The molecule has 17 heavy (non-hydrogen) atoms. The lowest BCUT2D eigenvalue weighted by atomic mass is 9.97. The second-order valence-corrected chi connectivity index (χ2v) is 5.78. The molecule has 0 saturated heterocycles. The van der Waals surface area contributed by atoms with E-state index in [1.807, 2.05) is 14.0 Å². The standard InChI is InChI=1S/C14H29N3/c1-12(2)10-17(13(3)4)9-7-8-14(5,11-15)16-6/h12-13,16H,7-10H2,1-6H3. The molecule has 0 saturated carbocycles. The van der Waals surface area contributed by atoms with Crippen LogP contribution in [-0.2, 0) is 0 Å². The fourth-order valence-corrected chi connectivity index (χ4v) is 1.90. The molecule has 0 aliphatic carbocycles. The lowest BCUT2D eigenvalue weighted by molar-refractivity contribution is 0.189. The van der Waals surface area contributed by atoms with Crippen LogP contribution in [0, 0.1) is 17.2 Å². The Labute approximate surface area is 107 Å². The van der Waals surface area contributed by atoms with E-state index in [4.69, 9.17) is 5.26 Å². The predicted octanol–water partition coefficient (Wildman–Crippen LogP) is 2.63. The van der Waals surface area contributed by atoms with Crippen LogP contribution in [0.5, 0.6) is 0 Å². The van der Waals surface area contributed by atoms with E-state index in [1.54, 1.807) is 0 Å². The highest BCUT2D eigenvalue weighted by molar-refractivity contribution is 5.02. The number of rotatable bonds is 8. The molecule has 0 fully saturated rings. The third-order valence-corrected chi connectivity index (χ3v) is 3.25. The monoisotopic (exact) mass is 239 g/mol. The lowest BCUT2D eigenvalue weighted by Gasteiger charge is -2.29. The molecule has 0 aromatic rings. The van der Waals surface area contributed by atoms with Crippen molar-refractivity contribution in [3.05, 3.63) is 0 Å². The Hall–Kier alpha value is -0.590. The molecule has 0 aromatic heterocycles. The molecule has 0 radical (unpaired) electrons. The van der Waals surface area contributed by atoms with Gasteiger partial charge in [-0.1, -0.05) is 13.8 Å². The number of hydrogen-bond acceptors (Lipinski definition) is 3. The molecule has 0 aromatic carbocycles. The van der Waals surface area contributed by atoms with Gasteiger partial charge in [0.15, 0.2) is 0 Å². The molecule has 0 aliphatic rings. The Morgan fingerprint density at radius 3 is 2.24 bits per heavy atom. The second kappa shape index (κ2) is 7.68. The van der Waals surface area contributed by atoms with E-state index >= 15 is 0 Å². The molecule has 0 spiro atoms. The number of nitrogens with zero attached hydrogens (tertiary/aromatic N) is 2. The zero-order valence-corrected chi connectivity index (χ0v) is 12.4. The van der Waals surface area contributed by atoms with Gasteiger partial charge >= 0.3 is 0 Å². The highest BCUT2D eigenvalue weighted by atomic mass is 15.1. The maximum Gasteiger partial charge on any atom is 0.103 e. The van der Waals surface area contributed by atoms with Crippen molar-refractivity contribution in [1.82, 2.24) is 10.2 Å². The van der Waals surface area contributed by atoms with Gasteiger partial charge in [0.25, 0.3) is 0 Å². The van der Waals surface area contributed by atoms with E-state index in [1.165, 1.54) is 0 Å². The summed E-state index contributed by atoms with van der Waals surface area (Å²) >= 11 is 0. The number of hydrogen-bond donors (Lipinski definition) is 1. The first-order chi connectivity index (χ1) is 7.84. The van der Waals surface area contributed by atoms with Crippen molar-refractivity contribution < 1.29 is 0 Å². The van der Waals surface area contributed by atoms with Gasteiger partial charge in [-0.3, -0.25) is 0 Å². The van der Waals surface area contributed by atoms with Gasteiger partial charge in [0.05, 0.1) is 6.07 Å². The molecule has 0 heterocycles. The highest BCUT2D eigenvalue weighted by Gasteiger charge is 2.21. The molecule has 1 unspecified atom stereocenters. The van der Waals surface area contributed by atoms with E-state index in [2.05, 4.69) is 44.0 Å². The first-order valence-electron chi connectivity index (χ1n) is 6.69.